The van der Waals surface area contributed by atoms with Crippen LogP contribution in [0.3, 0.4) is 0 Å². The predicted molar refractivity (Wildman–Crippen MR) is 221 cm³/mol. The molecule has 0 aliphatic heterocycles. The first-order valence-corrected chi connectivity index (χ1v) is 18.9. The van der Waals surface area contributed by atoms with Crippen molar-refractivity contribution in [3.05, 3.63) is 170 Å². The predicted octanol–water partition coefficient (Wildman–Crippen LogP) is 15.0. The Morgan fingerprint density at radius 1 is 0.294 bits per heavy atom. The molecule has 0 aliphatic rings. The molecule has 0 bridgehead atoms. The molecule has 3 heterocycles. The van der Waals surface area contributed by atoms with Crippen LogP contribution in [0.15, 0.2) is 174 Å². The molecule has 0 N–H and O–H groups in total. The van der Waals surface area contributed by atoms with Crippen LogP contribution in [0.1, 0.15) is 0 Å². The minimum absolute atomic E-state index is 0.922. The Balaban J connectivity index is 0.979. The standard InChI is InChI=1S/C48H28OS2/c1-3-16-43-37(12-1)40-26-32(18-21-44(40)49-43)29-8-5-9-30(24-29)33-19-22-46-41(27-33)42-28-34(20-23-47(42)50-46)31-10-6-11-35(25-31)36-14-7-15-39-38-13-2-4-17-45(38)51-48(36)39/h1-28H. The van der Waals surface area contributed by atoms with Crippen LogP contribution < -0.4 is 0 Å². The maximum Gasteiger partial charge on any atom is 0.135 e. The van der Waals surface area contributed by atoms with Gasteiger partial charge in [0.25, 0.3) is 0 Å². The highest BCUT2D eigenvalue weighted by molar-refractivity contribution is 7.26. The summed E-state index contributed by atoms with van der Waals surface area (Å²) in [7, 11) is 0. The van der Waals surface area contributed by atoms with Crippen molar-refractivity contribution in [1.82, 2.24) is 0 Å². The zero-order valence-corrected chi connectivity index (χ0v) is 29.0. The molecule has 0 radical (unpaired) electrons. The van der Waals surface area contributed by atoms with Gasteiger partial charge in [-0.3, -0.25) is 0 Å². The van der Waals surface area contributed by atoms with Crippen molar-refractivity contribution in [2.45, 2.75) is 0 Å². The Hall–Kier alpha value is -6.00. The summed E-state index contributed by atoms with van der Waals surface area (Å²) in [5.74, 6) is 0. The Morgan fingerprint density at radius 2 is 0.804 bits per heavy atom. The molecule has 0 saturated heterocycles. The van der Waals surface area contributed by atoms with Gasteiger partial charge in [0.2, 0.25) is 0 Å². The Kier molecular flexibility index (Phi) is 6.36. The van der Waals surface area contributed by atoms with Crippen molar-refractivity contribution in [3.63, 3.8) is 0 Å². The maximum absolute atomic E-state index is 6.09. The second-order valence-electron chi connectivity index (χ2n) is 13.3. The van der Waals surface area contributed by atoms with E-state index in [4.69, 9.17) is 4.42 Å². The van der Waals surface area contributed by atoms with Crippen LogP contribution in [0.25, 0.3) is 107 Å². The van der Waals surface area contributed by atoms with Crippen LogP contribution in [0.4, 0.5) is 0 Å². The molecule has 0 saturated carbocycles. The second-order valence-corrected chi connectivity index (χ2v) is 15.4. The number of para-hydroxylation sites is 1. The van der Waals surface area contributed by atoms with Crippen molar-refractivity contribution >= 4 is 85.0 Å². The largest absolute Gasteiger partial charge is 0.456 e. The lowest BCUT2D eigenvalue weighted by atomic mass is 9.96. The normalized spacial score (nSPS) is 11.9. The van der Waals surface area contributed by atoms with E-state index in [1.54, 1.807) is 0 Å². The van der Waals surface area contributed by atoms with E-state index in [0.29, 0.717) is 0 Å². The summed E-state index contributed by atoms with van der Waals surface area (Å²) in [5.41, 5.74) is 11.7. The molecule has 3 heteroatoms. The van der Waals surface area contributed by atoms with Crippen molar-refractivity contribution in [1.29, 1.82) is 0 Å². The van der Waals surface area contributed by atoms with E-state index >= 15 is 0 Å². The molecule has 3 aromatic heterocycles. The van der Waals surface area contributed by atoms with Crippen molar-refractivity contribution in [2.24, 2.45) is 0 Å². The average molecular weight is 685 g/mol. The summed E-state index contributed by atoms with van der Waals surface area (Å²) in [6, 6.07) is 62.1. The lowest BCUT2D eigenvalue weighted by molar-refractivity contribution is 0.669. The first-order chi connectivity index (χ1) is 25.2. The van der Waals surface area contributed by atoms with Gasteiger partial charge in [0.15, 0.2) is 0 Å². The minimum atomic E-state index is 0.922. The third-order valence-corrected chi connectivity index (χ3v) is 12.7. The summed E-state index contributed by atoms with van der Waals surface area (Å²) in [5, 5.41) is 7.58. The van der Waals surface area contributed by atoms with Crippen LogP contribution in [-0.4, -0.2) is 0 Å². The van der Waals surface area contributed by atoms with Crippen molar-refractivity contribution < 1.29 is 4.42 Å². The fourth-order valence-electron chi connectivity index (χ4n) is 7.76. The van der Waals surface area contributed by atoms with Crippen LogP contribution >= 0.6 is 22.7 Å². The molecule has 8 aromatic carbocycles. The number of furan rings is 1. The monoisotopic (exact) mass is 684 g/mol. The lowest BCUT2D eigenvalue weighted by Gasteiger charge is -2.08. The summed E-state index contributed by atoms with van der Waals surface area (Å²) in [6.45, 7) is 0. The zero-order chi connectivity index (χ0) is 33.5. The van der Waals surface area contributed by atoms with E-state index < -0.39 is 0 Å². The molecule has 238 valence electrons. The van der Waals surface area contributed by atoms with Gasteiger partial charge in [-0.1, -0.05) is 109 Å². The molecule has 0 aliphatic carbocycles. The molecule has 0 atom stereocenters. The fraction of sp³-hybridized carbons (Fsp3) is 0. The minimum Gasteiger partial charge on any atom is -0.456 e. The maximum atomic E-state index is 6.09. The molecule has 11 aromatic rings. The summed E-state index contributed by atoms with van der Waals surface area (Å²) in [4.78, 5) is 0. The van der Waals surface area contributed by atoms with Gasteiger partial charge in [0, 0.05) is 51.1 Å². The third-order valence-electron chi connectivity index (χ3n) is 10.3. The molecule has 0 fully saturated rings. The molecule has 0 amide bonds. The zero-order valence-electron chi connectivity index (χ0n) is 27.4. The first kappa shape index (κ1) is 28.8. The average Bonchev–Trinajstić information content (AvgIpc) is 3.88. The van der Waals surface area contributed by atoms with Crippen LogP contribution in [-0.2, 0) is 0 Å². The number of hydrogen-bond acceptors (Lipinski definition) is 3. The second kappa shape index (κ2) is 11.3. The molecular formula is C48H28OS2. The van der Waals surface area contributed by atoms with Gasteiger partial charge in [-0.15, -0.1) is 22.7 Å². The number of fused-ring (bicyclic) bond motifs is 9. The molecule has 1 nitrogen and oxygen atoms in total. The smallest absolute Gasteiger partial charge is 0.135 e. The van der Waals surface area contributed by atoms with E-state index in [0.717, 1.165) is 21.9 Å². The highest BCUT2D eigenvalue weighted by atomic mass is 32.1. The van der Waals surface area contributed by atoms with Crippen LogP contribution in [0.5, 0.6) is 0 Å². The van der Waals surface area contributed by atoms with E-state index in [1.165, 1.54) is 84.9 Å². The van der Waals surface area contributed by atoms with Gasteiger partial charge in [-0.25, -0.2) is 0 Å². The Labute approximate surface area is 302 Å². The van der Waals surface area contributed by atoms with E-state index in [9.17, 15) is 0 Å². The highest BCUT2D eigenvalue weighted by Crippen LogP contribution is 2.42. The highest BCUT2D eigenvalue weighted by Gasteiger charge is 2.14. The SMILES string of the molecule is c1cc(-c2ccc3oc4ccccc4c3c2)cc(-c2ccc3sc4ccc(-c5cccc(-c6cccc7c6sc6ccccc67)c5)cc4c3c2)c1. The number of hydrogen-bond donors (Lipinski definition) is 0. The van der Waals surface area contributed by atoms with Crippen LogP contribution in [0, 0.1) is 0 Å². The Bertz CT molecular complexity index is 3150. The van der Waals surface area contributed by atoms with E-state index in [-0.39, 0.29) is 0 Å². The molecule has 11 rings (SSSR count). The Morgan fingerprint density at radius 3 is 1.55 bits per heavy atom. The number of benzene rings is 8. The van der Waals surface area contributed by atoms with Crippen LogP contribution in [0.2, 0.25) is 0 Å². The van der Waals surface area contributed by atoms with E-state index in [1.807, 2.05) is 34.8 Å². The summed E-state index contributed by atoms with van der Waals surface area (Å²) < 4.78 is 11.4. The van der Waals surface area contributed by atoms with Gasteiger partial charge in [0.05, 0.1) is 0 Å². The van der Waals surface area contributed by atoms with Crippen molar-refractivity contribution in [3.8, 4) is 44.5 Å². The molecule has 0 spiro atoms. The van der Waals surface area contributed by atoms with Gasteiger partial charge < -0.3 is 4.42 Å². The van der Waals surface area contributed by atoms with Gasteiger partial charge in [-0.2, -0.15) is 0 Å². The van der Waals surface area contributed by atoms with Gasteiger partial charge in [-0.05, 0) is 105 Å². The first-order valence-electron chi connectivity index (χ1n) is 17.2. The van der Waals surface area contributed by atoms with Gasteiger partial charge in [0.1, 0.15) is 11.2 Å². The number of rotatable bonds is 4. The quantitative estimate of drug-likeness (QED) is 0.180. The topological polar surface area (TPSA) is 13.1 Å². The van der Waals surface area contributed by atoms with Crippen molar-refractivity contribution in [2.75, 3.05) is 0 Å². The summed E-state index contributed by atoms with van der Waals surface area (Å²) in [6.07, 6.45) is 0. The summed E-state index contributed by atoms with van der Waals surface area (Å²) >= 11 is 3.75. The lowest BCUT2D eigenvalue weighted by Crippen LogP contribution is -1.83. The fourth-order valence-corrected chi connectivity index (χ4v) is 10.1. The third kappa shape index (κ3) is 4.66. The van der Waals surface area contributed by atoms with Gasteiger partial charge >= 0.3 is 0 Å². The molecule has 0 unspecified atom stereocenters. The number of thiophene rings is 2. The molecular weight excluding hydrogens is 657 g/mol. The van der Waals surface area contributed by atoms with E-state index in [2.05, 4.69) is 158 Å². The molecule has 51 heavy (non-hydrogen) atoms.